The summed E-state index contributed by atoms with van der Waals surface area (Å²) in [4.78, 5) is 22.2. The second-order valence-corrected chi connectivity index (χ2v) is 6.05. The molecule has 0 saturated carbocycles. The van der Waals surface area contributed by atoms with Crippen LogP contribution in [0.15, 0.2) is 54.9 Å². The van der Waals surface area contributed by atoms with E-state index in [1.54, 1.807) is 6.33 Å². The van der Waals surface area contributed by atoms with Crippen LogP contribution in [0.3, 0.4) is 0 Å². The molecule has 5 nitrogen and oxygen atoms in total. The van der Waals surface area contributed by atoms with E-state index in [0.717, 1.165) is 17.5 Å². The topological polar surface area (TPSA) is 58.2 Å². The molecule has 1 atom stereocenters. The second kappa shape index (κ2) is 6.45. The summed E-state index contributed by atoms with van der Waals surface area (Å²) in [6.07, 6.45) is 2.45. The maximum atomic E-state index is 13.0. The van der Waals surface area contributed by atoms with Gasteiger partial charge in [-0.25, -0.2) is 4.98 Å². The number of imidazole rings is 1. The van der Waals surface area contributed by atoms with Gasteiger partial charge in [-0.15, -0.1) is 0 Å². The van der Waals surface area contributed by atoms with Gasteiger partial charge in [-0.1, -0.05) is 30.3 Å². The Morgan fingerprint density at radius 1 is 1.25 bits per heavy atom. The number of nitrogens with zero attached hydrogens (tertiary/aromatic N) is 2. The lowest BCUT2D eigenvalue weighted by Gasteiger charge is -2.36. The molecule has 0 radical (unpaired) electrons. The molecule has 1 aliphatic rings. The second-order valence-electron chi connectivity index (χ2n) is 6.05. The van der Waals surface area contributed by atoms with Crippen LogP contribution in [0, 0.1) is 0 Å². The molecule has 0 bridgehead atoms. The number of amides is 1. The van der Waals surface area contributed by atoms with Gasteiger partial charge in [0, 0.05) is 12.1 Å². The summed E-state index contributed by atoms with van der Waals surface area (Å²) >= 11 is 0. The lowest BCUT2D eigenvalue weighted by Crippen LogP contribution is -2.49. The first-order chi connectivity index (χ1) is 11.8. The SMILES string of the molecule is O=C(c1ccc2nc[nH]c2c1)N1CCOCC1Cc1ccccc1. The third-order valence-electron chi connectivity index (χ3n) is 4.47. The fourth-order valence-corrected chi connectivity index (χ4v) is 3.21. The number of carbonyl (C=O) groups is 1. The fourth-order valence-electron chi connectivity index (χ4n) is 3.21. The smallest absolute Gasteiger partial charge is 0.254 e. The summed E-state index contributed by atoms with van der Waals surface area (Å²) in [5.41, 5.74) is 3.66. The zero-order chi connectivity index (χ0) is 16.4. The van der Waals surface area contributed by atoms with E-state index in [9.17, 15) is 4.79 Å². The van der Waals surface area contributed by atoms with Crippen LogP contribution in [0.4, 0.5) is 0 Å². The van der Waals surface area contributed by atoms with E-state index < -0.39 is 0 Å². The van der Waals surface area contributed by atoms with E-state index >= 15 is 0 Å². The summed E-state index contributed by atoms with van der Waals surface area (Å²) in [7, 11) is 0. The van der Waals surface area contributed by atoms with Crippen LogP contribution in [0.5, 0.6) is 0 Å². The monoisotopic (exact) mass is 321 g/mol. The van der Waals surface area contributed by atoms with Crippen LogP contribution in [0.2, 0.25) is 0 Å². The van der Waals surface area contributed by atoms with Crippen LogP contribution in [-0.4, -0.2) is 46.6 Å². The molecule has 0 spiro atoms. The number of morpholine rings is 1. The molecule has 1 N–H and O–H groups in total. The molecule has 1 aliphatic heterocycles. The van der Waals surface area contributed by atoms with Crippen LogP contribution in [-0.2, 0) is 11.2 Å². The molecule has 122 valence electrons. The highest BCUT2D eigenvalue weighted by Crippen LogP contribution is 2.19. The molecule has 2 aromatic carbocycles. The van der Waals surface area contributed by atoms with Gasteiger partial charge in [0.15, 0.2) is 0 Å². The van der Waals surface area contributed by atoms with Crippen molar-refractivity contribution in [3.05, 3.63) is 66.0 Å². The molecule has 1 aromatic heterocycles. The van der Waals surface area contributed by atoms with Gasteiger partial charge >= 0.3 is 0 Å². The minimum Gasteiger partial charge on any atom is -0.377 e. The highest BCUT2D eigenvalue weighted by Gasteiger charge is 2.28. The third kappa shape index (κ3) is 2.90. The van der Waals surface area contributed by atoms with Crippen molar-refractivity contribution in [3.63, 3.8) is 0 Å². The number of nitrogens with one attached hydrogen (secondary N) is 1. The lowest BCUT2D eigenvalue weighted by molar-refractivity contribution is -0.00163. The van der Waals surface area contributed by atoms with E-state index in [1.165, 1.54) is 5.56 Å². The summed E-state index contributed by atoms with van der Waals surface area (Å²) < 4.78 is 5.62. The van der Waals surface area contributed by atoms with Gasteiger partial charge < -0.3 is 14.6 Å². The van der Waals surface area contributed by atoms with Crippen molar-refractivity contribution in [2.24, 2.45) is 0 Å². The number of rotatable bonds is 3. The first kappa shape index (κ1) is 14.9. The molecule has 1 fully saturated rings. The van der Waals surface area contributed by atoms with E-state index in [1.807, 2.05) is 41.3 Å². The number of fused-ring (bicyclic) bond motifs is 1. The molecule has 1 amide bonds. The fraction of sp³-hybridized carbons (Fsp3) is 0.263. The number of aromatic amines is 1. The third-order valence-corrected chi connectivity index (χ3v) is 4.47. The van der Waals surface area contributed by atoms with Gasteiger partial charge in [-0.05, 0) is 30.2 Å². The molecule has 24 heavy (non-hydrogen) atoms. The highest BCUT2D eigenvalue weighted by atomic mass is 16.5. The van der Waals surface area contributed by atoms with Crippen LogP contribution in [0.1, 0.15) is 15.9 Å². The molecule has 1 saturated heterocycles. The predicted molar refractivity (Wildman–Crippen MR) is 91.9 cm³/mol. The quantitative estimate of drug-likeness (QED) is 0.807. The Morgan fingerprint density at radius 2 is 2.12 bits per heavy atom. The van der Waals surface area contributed by atoms with Crippen LogP contribution < -0.4 is 0 Å². The molecule has 1 unspecified atom stereocenters. The normalized spacial score (nSPS) is 18.0. The summed E-state index contributed by atoms with van der Waals surface area (Å²) in [6, 6.07) is 15.9. The molecule has 3 aromatic rings. The van der Waals surface area contributed by atoms with Crippen molar-refractivity contribution in [1.82, 2.24) is 14.9 Å². The first-order valence-electron chi connectivity index (χ1n) is 8.17. The first-order valence-corrected chi connectivity index (χ1v) is 8.17. The van der Waals surface area contributed by atoms with Gasteiger partial charge in [0.05, 0.1) is 36.6 Å². The van der Waals surface area contributed by atoms with E-state index in [-0.39, 0.29) is 11.9 Å². The number of benzene rings is 2. The minimum absolute atomic E-state index is 0.0516. The Hall–Kier alpha value is -2.66. The molecule has 4 rings (SSSR count). The van der Waals surface area contributed by atoms with E-state index in [2.05, 4.69) is 22.1 Å². The molecule has 0 aliphatic carbocycles. The Balaban J connectivity index is 1.58. The van der Waals surface area contributed by atoms with E-state index in [0.29, 0.717) is 25.3 Å². The Bertz CT molecular complexity index is 844. The largest absolute Gasteiger partial charge is 0.377 e. The number of hydrogen-bond acceptors (Lipinski definition) is 3. The average molecular weight is 321 g/mol. The van der Waals surface area contributed by atoms with Crippen molar-refractivity contribution in [1.29, 1.82) is 0 Å². The van der Waals surface area contributed by atoms with Crippen molar-refractivity contribution in [2.75, 3.05) is 19.8 Å². The standard InChI is InChI=1S/C19H19N3O2/c23-19(15-6-7-17-18(11-15)21-13-20-17)22-8-9-24-12-16(22)10-14-4-2-1-3-5-14/h1-7,11,13,16H,8-10,12H2,(H,20,21). The number of hydrogen-bond donors (Lipinski definition) is 1. The summed E-state index contributed by atoms with van der Waals surface area (Å²) in [5.74, 6) is 0.0516. The molecule has 2 heterocycles. The molecular weight excluding hydrogens is 302 g/mol. The van der Waals surface area contributed by atoms with Gasteiger partial charge in [0.25, 0.3) is 5.91 Å². The highest BCUT2D eigenvalue weighted by molar-refractivity contribution is 5.97. The number of H-pyrrole nitrogens is 1. The number of carbonyl (C=O) groups excluding carboxylic acids is 1. The van der Waals surface area contributed by atoms with Crippen LogP contribution in [0.25, 0.3) is 11.0 Å². The molecular formula is C19H19N3O2. The zero-order valence-electron chi connectivity index (χ0n) is 13.3. The van der Waals surface area contributed by atoms with Crippen molar-refractivity contribution < 1.29 is 9.53 Å². The number of aromatic nitrogens is 2. The number of ether oxygens (including phenoxy) is 1. The minimum atomic E-state index is 0.0516. The Kier molecular flexibility index (Phi) is 4.01. The van der Waals surface area contributed by atoms with E-state index in [4.69, 9.17) is 4.74 Å². The Morgan fingerprint density at radius 3 is 3.00 bits per heavy atom. The van der Waals surface area contributed by atoms with Gasteiger partial charge in [0.1, 0.15) is 0 Å². The Labute approximate surface area is 140 Å². The summed E-state index contributed by atoms with van der Waals surface area (Å²) in [6.45, 7) is 1.79. The summed E-state index contributed by atoms with van der Waals surface area (Å²) in [5, 5.41) is 0. The van der Waals surface area contributed by atoms with Crippen molar-refractivity contribution in [3.8, 4) is 0 Å². The van der Waals surface area contributed by atoms with Gasteiger partial charge in [0.2, 0.25) is 0 Å². The maximum absolute atomic E-state index is 13.0. The van der Waals surface area contributed by atoms with Crippen LogP contribution >= 0.6 is 0 Å². The predicted octanol–water partition coefficient (Wildman–Crippen LogP) is 2.65. The van der Waals surface area contributed by atoms with Gasteiger partial charge in [-0.3, -0.25) is 4.79 Å². The maximum Gasteiger partial charge on any atom is 0.254 e. The lowest BCUT2D eigenvalue weighted by atomic mass is 10.0. The van der Waals surface area contributed by atoms with Gasteiger partial charge in [-0.2, -0.15) is 0 Å². The molecule has 5 heteroatoms. The zero-order valence-corrected chi connectivity index (χ0v) is 13.3. The average Bonchev–Trinajstić information content (AvgIpc) is 3.10. The van der Waals surface area contributed by atoms with Crippen molar-refractivity contribution in [2.45, 2.75) is 12.5 Å². The van der Waals surface area contributed by atoms with Crippen molar-refractivity contribution >= 4 is 16.9 Å².